The lowest BCUT2D eigenvalue weighted by Gasteiger charge is -2.33. The molecule has 1 saturated carbocycles. The smallest absolute Gasteiger partial charge is 0.240 e. The minimum Gasteiger partial charge on any atom is -0.383 e. The molecule has 0 radical (unpaired) electrons. The molecule has 3 rings (SSSR count). The van der Waals surface area contributed by atoms with E-state index < -0.39 is 10.0 Å². The molecule has 9 heteroatoms. The van der Waals surface area contributed by atoms with Crippen molar-refractivity contribution in [1.29, 1.82) is 0 Å². The van der Waals surface area contributed by atoms with Crippen molar-refractivity contribution in [2.45, 2.75) is 42.8 Å². The molecular weight excluding hydrogens is 402 g/mol. The molecule has 7 nitrogen and oxygen atoms in total. The molecule has 160 valence electrons. The normalized spacial score (nSPS) is 25.4. The fourth-order valence-corrected chi connectivity index (χ4v) is 4.99. The average Bonchev–Trinajstić information content (AvgIpc) is 3.16. The zero-order valence-corrected chi connectivity index (χ0v) is 18.0. The van der Waals surface area contributed by atoms with Crippen LogP contribution in [0.4, 0.5) is 0 Å². The van der Waals surface area contributed by atoms with Crippen molar-refractivity contribution in [3.05, 3.63) is 29.8 Å². The van der Waals surface area contributed by atoms with E-state index in [1.807, 2.05) is 12.1 Å². The van der Waals surface area contributed by atoms with Crippen molar-refractivity contribution < 1.29 is 17.9 Å². The summed E-state index contributed by atoms with van der Waals surface area (Å²) in [5, 5.41) is 7.25. The van der Waals surface area contributed by atoms with Crippen molar-refractivity contribution in [3.63, 3.8) is 0 Å². The highest BCUT2D eigenvalue weighted by atomic mass is 35.5. The minimum absolute atomic E-state index is 0. The van der Waals surface area contributed by atoms with Crippen LogP contribution in [-0.4, -0.2) is 60.5 Å². The van der Waals surface area contributed by atoms with Crippen LogP contribution in [0, 0.1) is 5.92 Å². The topological polar surface area (TPSA) is 88.7 Å². The number of methoxy groups -OCH3 is 1. The van der Waals surface area contributed by atoms with Gasteiger partial charge in [-0.15, -0.1) is 12.4 Å². The van der Waals surface area contributed by atoms with Crippen molar-refractivity contribution >= 4 is 22.4 Å². The minimum atomic E-state index is -3.48. The Balaban J connectivity index is 0.00000280. The molecule has 2 aliphatic rings. The first-order chi connectivity index (χ1) is 13.1. The van der Waals surface area contributed by atoms with Gasteiger partial charge in [0.05, 0.1) is 24.7 Å². The van der Waals surface area contributed by atoms with Gasteiger partial charge in [-0.3, -0.25) is 0 Å². The number of hydrogen-bond acceptors (Lipinski definition) is 6. The summed E-state index contributed by atoms with van der Waals surface area (Å²) in [7, 11) is -1.93. The van der Waals surface area contributed by atoms with E-state index in [1.165, 1.54) is 19.3 Å². The molecule has 28 heavy (non-hydrogen) atoms. The summed E-state index contributed by atoms with van der Waals surface area (Å²) in [6, 6.07) is 7.99. The summed E-state index contributed by atoms with van der Waals surface area (Å²) < 4.78 is 37.4. The van der Waals surface area contributed by atoms with Crippen LogP contribution in [-0.2, 0) is 26.0 Å². The van der Waals surface area contributed by atoms with Gasteiger partial charge in [0.15, 0.2) is 0 Å². The summed E-state index contributed by atoms with van der Waals surface area (Å²) in [6.45, 7) is 3.89. The van der Waals surface area contributed by atoms with E-state index in [0.717, 1.165) is 31.9 Å². The maximum absolute atomic E-state index is 12.2. The van der Waals surface area contributed by atoms with Gasteiger partial charge in [0.2, 0.25) is 10.0 Å². The van der Waals surface area contributed by atoms with Crippen LogP contribution in [0.25, 0.3) is 0 Å². The number of morpholine rings is 1. The molecule has 2 fully saturated rings. The lowest BCUT2D eigenvalue weighted by molar-refractivity contribution is 0.0524. The fraction of sp³-hybridized carbons (Fsp3) is 0.684. The molecule has 0 spiro atoms. The molecule has 1 saturated heterocycles. The highest BCUT2D eigenvalue weighted by molar-refractivity contribution is 7.89. The highest BCUT2D eigenvalue weighted by Gasteiger charge is 2.34. The maximum atomic E-state index is 12.2. The Kier molecular flexibility index (Phi) is 9.62. The lowest BCUT2D eigenvalue weighted by atomic mass is 9.94. The van der Waals surface area contributed by atoms with Gasteiger partial charge >= 0.3 is 0 Å². The van der Waals surface area contributed by atoms with Crippen LogP contribution in [0.1, 0.15) is 24.8 Å². The molecule has 0 bridgehead atoms. The van der Waals surface area contributed by atoms with Crippen molar-refractivity contribution in [1.82, 2.24) is 15.4 Å². The van der Waals surface area contributed by atoms with E-state index in [2.05, 4.69) is 15.4 Å². The van der Waals surface area contributed by atoms with Crippen molar-refractivity contribution in [2.24, 2.45) is 5.92 Å². The highest BCUT2D eigenvalue weighted by Crippen LogP contribution is 2.29. The third-order valence-corrected chi connectivity index (χ3v) is 6.91. The van der Waals surface area contributed by atoms with E-state index in [0.29, 0.717) is 24.6 Å². The molecule has 0 amide bonds. The molecule has 1 heterocycles. The quantitative estimate of drug-likeness (QED) is 0.508. The van der Waals surface area contributed by atoms with Crippen LogP contribution in [0.3, 0.4) is 0 Å². The third kappa shape index (κ3) is 6.38. The van der Waals surface area contributed by atoms with Crippen LogP contribution in [0.5, 0.6) is 0 Å². The molecule has 0 aromatic heterocycles. The second-order valence-corrected chi connectivity index (χ2v) is 9.02. The predicted octanol–water partition coefficient (Wildman–Crippen LogP) is 1.28. The summed E-state index contributed by atoms with van der Waals surface area (Å²) >= 11 is 0. The first-order valence-corrected chi connectivity index (χ1v) is 11.2. The van der Waals surface area contributed by atoms with E-state index >= 15 is 0 Å². The van der Waals surface area contributed by atoms with Gasteiger partial charge in [-0.2, -0.15) is 0 Å². The van der Waals surface area contributed by atoms with Crippen LogP contribution < -0.4 is 15.4 Å². The molecule has 3 N–H and O–H groups in total. The second kappa shape index (κ2) is 11.4. The Morgan fingerprint density at radius 2 is 2.04 bits per heavy atom. The Morgan fingerprint density at radius 1 is 1.25 bits per heavy atom. The first kappa shape index (κ1) is 23.5. The van der Waals surface area contributed by atoms with Crippen molar-refractivity contribution in [3.8, 4) is 0 Å². The SMILES string of the molecule is COCCNS(=O)(=O)c1ccc(CNC2CCCC2C2COCCN2)cc1.Cl. The number of hydrogen-bond donors (Lipinski definition) is 3. The number of benzene rings is 1. The van der Waals surface area contributed by atoms with Gasteiger partial charge in [0, 0.05) is 38.8 Å². The standard InChI is InChI=1S/C19H31N3O4S.ClH/c1-25-11-10-22-27(23,24)16-7-5-15(6-8-16)13-21-18-4-2-3-17(18)19-14-26-12-9-20-19;/h5-8,17-22H,2-4,9-14H2,1H3;1H. The van der Waals surface area contributed by atoms with Crippen molar-refractivity contribution in [2.75, 3.05) is 40.0 Å². The molecule has 1 aliphatic carbocycles. The lowest BCUT2D eigenvalue weighted by Crippen LogP contribution is -2.50. The molecule has 1 aliphatic heterocycles. The third-order valence-electron chi connectivity index (χ3n) is 5.44. The summed E-state index contributed by atoms with van der Waals surface area (Å²) in [6.07, 6.45) is 3.65. The zero-order chi connectivity index (χ0) is 19.1. The fourth-order valence-electron chi connectivity index (χ4n) is 3.98. The summed E-state index contributed by atoms with van der Waals surface area (Å²) in [5.74, 6) is 0.593. The summed E-state index contributed by atoms with van der Waals surface area (Å²) in [4.78, 5) is 0.282. The van der Waals surface area contributed by atoms with Gasteiger partial charge in [-0.1, -0.05) is 18.6 Å². The molecule has 3 unspecified atom stereocenters. The van der Waals surface area contributed by atoms with Gasteiger partial charge in [-0.25, -0.2) is 13.1 Å². The second-order valence-electron chi connectivity index (χ2n) is 7.25. The number of halogens is 1. The zero-order valence-electron chi connectivity index (χ0n) is 16.4. The molecule has 3 atom stereocenters. The Labute approximate surface area is 174 Å². The van der Waals surface area contributed by atoms with Crippen LogP contribution in [0.2, 0.25) is 0 Å². The summed E-state index contributed by atoms with van der Waals surface area (Å²) in [5.41, 5.74) is 1.09. The van der Waals surface area contributed by atoms with E-state index in [1.54, 1.807) is 19.2 Å². The largest absolute Gasteiger partial charge is 0.383 e. The van der Waals surface area contributed by atoms with Crippen LogP contribution >= 0.6 is 12.4 Å². The predicted molar refractivity (Wildman–Crippen MR) is 111 cm³/mol. The average molecular weight is 434 g/mol. The van der Waals surface area contributed by atoms with E-state index in [9.17, 15) is 8.42 Å². The molecular formula is C19H32ClN3O4S. The maximum Gasteiger partial charge on any atom is 0.240 e. The monoisotopic (exact) mass is 433 g/mol. The Morgan fingerprint density at radius 3 is 2.71 bits per heavy atom. The number of ether oxygens (including phenoxy) is 2. The van der Waals surface area contributed by atoms with E-state index in [-0.39, 0.29) is 23.8 Å². The molecule has 1 aromatic rings. The Hall–Kier alpha value is -0.740. The van der Waals surface area contributed by atoms with Gasteiger partial charge in [-0.05, 0) is 36.5 Å². The van der Waals surface area contributed by atoms with Gasteiger partial charge in [0.1, 0.15) is 0 Å². The first-order valence-electron chi connectivity index (χ1n) is 9.72. The van der Waals surface area contributed by atoms with Gasteiger partial charge < -0.3 is 20.1 Å². The number of sulfonamides is 1. The molecule has 1 aromatic carbocycles. The Bertz CT molecular complexity index is 681. The number of rotatable bonds is 9. The van der Waals surface area contributed by atoms with E-state index in [4.69, 9.17) is 9.47 Å². The van der Waals surface area contributed by atoms with Gasteiger partial charge in [0.25, 0.3) is 0 Å². The van der Waals surface area contributed by atoms with Crippen LogP contribution in [0.15, 0.2) is 29.2 Å². The number of nitrogens with one attached hydrogen (secondary N) is 3.